The number of benzene rings is 3. The zero-order valence-electron chi connectivity index (χ0n) is 18.7. The first kappa shape index (κ1) is 23.4. The zero-order valence-corrected chi connectivity index (χ0v) is 19.4. The lowest BCUT2D eigenvalue weighted by Crippen LogP contribution is -2.37. The summed E-state index contributed by atoms with van der Waals surface area (Å²) in [6.07, 6.45) is -4.68. The number of ether oxygens (including phenoxy) is 3. The second kappa shape index (κ2) is 8.27. The SMILES string of the molecule is O=C(Nc1ccc2c(c1)C(F)(F)C(F)(F)O2)N1CC(c2ccc3c(c2)OCO3)C(c2ccc(Cl)cc2)=N1. The first-order chi connectivity index (χ1) is 17.6. The van der Waals surface area contributed by atoms with E-state index in [1.165, 1.54) is 6.07 Å². The number of urea groups is 1. The van der Waals surface area contributed by atoms with E-state index in [0.717, 1.165) is 28.3 Å². The maximum Gasteiger partial charge on any atom is 0.469 e. The number of carbonyl (C=O) groups is 1. The Bertz CT molecular complexity index is 1450. The van der Waals surface area contributed by atoms with Crippen molar-refractivity contribution >= 4 is 29.0 Å². The van der Waals surface area contributed by atoms with Gasteiger partial charge in [-0.25, -0.2) is 9.80 Å². The summed E-state index contributed by atoms with van der Waals surface area (Å²) in [7, 11) is 0. The van der Waals surface area contributed by atoms with Crippen molar-refractivity contribution in [2.75, 3.05) is 18.7 Å². The quantitative estimate of drug-likeness (QED) is 0.408. The molecule has 0 fully saturated rings. The standard InChI is InChI=1S/C25H16ClF4N3O4/c26-15-4-1-13(2-5-15)22-17(14-3-7-20-21(9-14)36-12-35-20)11-33(32-22)23(34)31-16-6-8-19-18(10-16)24(27,28)25(29,30)37-19/h1-10,17H,11-12H2,(H,31,34). The predicted molar refractivity (Wildman–Crippen MR) is 125 cm³/mol. The molecule has 12 heteroatoms. The number of hydrogen-bond acceptors (Lipinski definition) is 5. The van der Waals surface area contributed by atoms with Crippen LogP contribution in [-0.4, -0.2) is 36.2 Å². The fourth-order valence-corrected chi connectivity index (χ4v) is 4.52. The molecular formula is C25H16ClF4N3O4. The van der Waals surface area contributed by atoms with E-state index in [2.05, 4.69) is 15.2 Å². The van der Waals surface area contributed by atoms with Crippen LogP contribution in [0.25, 0.3) is 0 Å². The molecule has 0 bridgehead atoms. The van der Waals surface area contributed by atoms with Crippen molar-refractivity contribution in [2.24, 2.45) is 5.10 Å². The van der Waals surface area contributed by atoms with Gasteiger partial charge in [0.15, 0.2) is 11.5 Å². The highest BCUT2D eigenvalue weighted by molar-refractivity contribution is 6.30. The number of nitrogens with one attached hydrogen (secondary N) is 1. The first-order valence-corrected chi connectivity index (χ1v) is 11.4. The molecule has 3 aromatic carbocycles. The van der Waals surface area contributed by atoms with E-state index in [4.69, 9.17) is 21.1 Å². The van der Waals surface area contributed by atoms with Crippen molar-refractivity contribution in [1.29, 1.82) is 0 Å². The molecule has 6 rings (SSSR count). The number of carbonyl (C=O) groups excluding carboxylic acids is 1. The van der Waals surface area contributed by atoms with Crippen LogP contribution < -0.4 is 19.5 Å². The van der Waals surface area contributed by atoms with Gasteiger partial charge in [-0.2, -0.15) is 22.7 Å². The van der Waals surface area contributed by atoms with Gasteiger partial charge >= 0.3 is 18.1 Å². The van der Waals surface area contributed by atoms with Gasteiger partial charge in [-0.3, -0.25) is 0 Å². The average molecular weight is 534 g/mol. The summed E-state index contributed by atoms with van der Waals surface area (Å²) in [6, 6.07) is 14.5. The minimum Gasteiger partial charge on any atom is -0.454 e. The van der Waals surface area contributed by atoms with Crippen molar-refractivity contribution in [3.63, 3.8) is 0 Å². The Kier molecular flexibility index (Phi) is 5.23. The summed E-state index contributed by atoms with van der Waals surface area (Å²) < 4.78 is 70.2. The molecule has 2 amide bonds. The van der Waals surface area contributed by atoms with Gasteiger partial charge in [-0.05, 0) is 53.6 Å². The van der Waals surface area contributed by atoms with Crippen molar-refractivity contribution in [2.45, 2.75) is 17.9 Å². The molecule has 3 aliphatic rings. The largest absolute Gasteiger partial charge is 0.469 e. The molecule has 0 spiro atoms. The molecule has 1 N–H and O–H groups in total. The third-order valence-corrected chi connectivity index (χ3v) is 6.51. The summed E-state index contributed by atoms with van der Waals surface area (Å²) in [5.41, 5.74) is 0.975. The first-order valence-electron chi connectivity index (χ1n) is 11.0. The van der Waals surface area contributed by atoms with Crippen LogP contribution in [0.3, 0.4) is 0 Å². The van der Waals surface area contributed by atoms with Crippen LogP contribution in [0.5, 0.6) is 17.2 Å². The molecule has 0 aliphatic carbocycles. The molecule has 37 heavy (non-hydrogen) atoms. The Balaban J connectivity index is 1.29. The number of hydrogen-bond donors (Lipinski definition) is 1. The summed E-state index contributed by atoms with van der Waals surface area (Å²) in [6.45, 7) is 0.221. The van der Waals surface area contributed by atoms with E-state index in [9.17, 15) is 22.4 Å². The van der Waals surface area contributed by atoms with Gasteiger partial charge in [0.1, 0.15) is 5.75 Å². The minimum absolute atomic E-state index is 0.104. The number of hydrazone groups is 1. The van der Waals surface area contributed by atoms with Crippen LogP contribution in [0, 0.1) is 0 Å². The average Bonchev–Trinajstić information content (AvgIpc) is 3.55. The fourth-order valence-electron chi connectivity index (χ4n) is 4.39. The Morgan fingerprint density at radius 1 is 0.973 bits per heavy atom. The normalized spacial score (nSPS) is 20.3. The molecule has 0 saturated carbocycles. The van der Waals surface area contributed by atoms with Gasteiger partial charge in [-0.1, -0.05) is 29.8 Å². The summed E-state index contributed by atoms with van der Waals surface area (Å²) >= 11 is 6.03. The zero-order chi connectivity index (χ0) is 25.9. The van der Waals surface area contributed by atoms with E-state index in [1.807, 2.05) is 12.1 Å². The number of nitrogens with zero attached hydrogens (tertiary/aromatic N) is 2. The van der Waals surface area contributed by atoms with E-state index in [0.29, 0.717) is 22.2 Å². The Labute approximate surface area is 212 Å². The highest BCUT2D eigenvalue weighted by Crippen LogP contribution is 2.53. The smallest absolute Gasteiger partial charge is 0.454 e. The highest BCUT2D eigenvalue weighted by atomic mass is 35.5. The van der Waals surface area contributed by atoms with Gasteiger partial charge < -0.3 is 19.5 Å². The van der Waals surface area contributed by atoms with E-state index in [1.54, 1.807) is 30.3 Å². The van der Waals surface area contributed by atoms with Gasteiger partial charge in [0.25, 0.3) is 0 Å². The number of alkyl halides is 4. The number of rotatable bonds is 3. The third-order valence-electron chi connectivity index (χ3n) is 6.26. The predicted octanol–water partition coefficient (Wildman–Crippen LogP) is 6.18. The van der Waals surface area contributed by atoms with E-state index < -0.39 is 29.4 Å². The summed E-state index contributed by atoms with van der Waals surface area (Å²) in [5.74, 6) is -4.39. The topological polar surface area (TPSA) is 72.4 Å². The van der Waals surface area contributed by atoms with Gasteiger partial charge in [0.05, 0.1) is 17.8 Å². The maximum atomic E-state index is 14.1. The molecule has 3 aromatic rings. The molecule has 0 aromatic heterocycles. The van der Waals surface area contributed by atoms with Crippen LogP contribution in [0.15, 0.2) is 65.8 Å². The molecule has 3 aliphatic heterocycles. The monoisotopic (exact) mass is 533 g/mol. The number of halogens is 5. The van der Waals surface area contributed by atoms with Gasteiger partial charge in [0, 0.05) is 16.6 Å². The maximum absolute atomic E-state index is 14.1. The van der Waals surface area contributed by atoms with Crippen LogP contribution >= 0.6 is 11.6 Å². The molecule has 1 unspecified atom stereocenters. The van der Waals surface area contributed by atoms with E-state index in [-0.39, 0.29) is 24.9 Å². The molecule has 3 heterocycles. The second-order valence-electron chi connectivity index (χ2n) is 8.57. The number of fused-ring (bicyclic) bond motifs is 2. The minimum atomic E-state index is -4.68. The van der Waals surface area contributed by atoms with Crippen molar-refractivity contribution in [3.05, 3.63) is 82.4 Å². The highest BCUT2D eigenvalue weighted by Gasteiger charge is 2.66. The number of amides is 2. The van der Waals surface area contributed by atoms with Crippen molar-refractivity contribution in [1.82, 2.24) is 5.01 Å². The summed E-state index contributed by atoms with van der Waals surface area (Å²) in [5, 5.41) is 8.62. The number of anilines is 1. The molecular weight excluding hydrogens is 518 g/mol. The van der Waals surface area contributed by atoms with Crippen LogP contribution in [0.1, 0.15) is 22.6 Å². The lowest BCUT2D eigenvalue weighted by Gasteiger charge is -2.17. The fraction of sp³-hybridized carbons (Fsp3) is 0.200. The Morgan fingerprint density at radius 2 is 1.70 bits per heavy atom. The molecule has 0 radical (unpaired) electrons. The van der Waals surface area contributed by atoms with Crippen LogP contribution in [0.4, 0.5) is 28.0 Å². The van der Waals surface area contributed by atoms with Crippen LogP contribution in [-0.2, 0) is 5.92 Å². The molecule has 190 valence electrons. The lowest BCUT2D eigenvalue weighted by atomic mass is 9.90. The van der Waals surface area contributed by atoms with Gasteiger partial charge in [-0.15, -0.1) is 0 Å². The second-order valence-corrected chi connectivity index (χ2v) is 9.01. The Morgan fingerprint density at radius 3 is 2.49 bits per heavy atom. The van der Waals surface area contributed by atoms with E-state index >= 15 is 0 Å². The molecule has 1 atom stereocenters. The third kappa shape index (κ3) is 3.90. The van der Waals surface area contributed by atoms with Crippen molar-refractivity contribution < 1.29 is 36.6 Å². The summed E-state index contributed by atoms with van der Waals surface area (Å²) in [4.78, 5) is 13.1. The molecule has 0 saturated heterocycles. The van der Waals surface area contributed by atoms with Crippen molar-refractivity contribution in [3.8, 4) is 17.2 Å². The Hall–Kier alpha value is -3.99. The lowest BCUT2D eigenvalue weighted by molar-refractivity contribution is -0.296. The van der Waals surface area contributed by atoms with Gasteiger partial charge in [0.2, 0.25) is 6.79 Å². The van der Waals surface area contributed by atoms with Crippen LogP contribution in [0.2, 0.25) is 5.02 Å². The molecule has 7 nitrogen and oxygen atoms in total.